The molecule has 1 aliphatic heterocycles. The lowest BCUT2D eigenvalue weighted by molar-refractivity contribution is -0.274. The van der Waals surface area contributed by atoms with E-state index in [1.807, 2.05) is 0 Å². The number of hydrogen-bond acceptors (Lipinski definition) is 3. The van der Waals surface area contributed by atoms with Crippen molar-refractivity contribution in [2.75, 3.05) is 6.61 Å². The Morgan fingerprint density at radius 2 is 1.80 bits per heavy atom. The van der Waals surface area contributed by atoms with Gasteiger partial charge in [-0.3, -0.25) is 4.79 Å². The Morgan fingerprint density at radius 1 is 1.13 bits per heavy atom. The molecule has 0 saturated carbocycles. The first-order chi connectivity index (χ1) is 14.1. The van der Waals surface area contributed by atoms with Gasteiger partial charge in [-0.15, -0.1) is 24.8 Å². The predicted molar refractivity (Wildman–Crippen MR) is 98.2 cm³/mol. The molecule has 2 aromatic rings. The third kappa shape index (κ3) is 4.77. The SMILES string of the molecule is CCOc1ccc(F)c(F)c1[C@H]1C[C@H](Cl)C(=O)N1Cc1ccc(OC(F)(F)F)cc1. The number of halogens is 6. The molecule has 162 valence electrons. The highest BCUT2D eigenvalue weighted by Gasteiger charge is 2.42. The lowest BCUT2D eigenvalue weighted by Crippen LogP contribution is -2.30. The minimum absolute atomic E-state index is 0.0239. The van der Waals surface area contributed by atoms with Crippen molar-refractivity contribution in [1.29, 1.82) is 0 Å². The van der Waals surface area contributed by atoms with Crippen molar-refractivity contribution in [1.82, 2.24) is 4.90 Å². The predicted octanol–water partition coefficient (Wildman–Crippen LogP) is 5.34. The minimum Gasteiger partial charge on any atom is -0.493 e. The summed E-state index contributed by atoms with van der Waals surface area (Å²) >= 11 is 6.09. The minimum atomic E-state index is -4.83. The molecule has 0 aliphatic carbocycles. The van der Waals surface area contributed by atoms with Gasteiger partial charge in [-0.25, -0.2) is 8.78 Å². The maximum absolute atomic E-state index is 14.7. The van der Waals surface area contributed by atoms with E-state index in [2.05, 4.69) is 4.74 Å². The molecule has 0 N–H and O–H groups in total. The van der Waals surface area contributed by atoms with Crippen LogP contribution in [-0.4, -0.2) is 29.2 Å². The van der Waals surface area contributed by atoms with Crippen LogP contribution in [0.3, 0.4) is 0 Å². The molecule has 1 aliphatic rings. The van der Waals surface area contributed by atoms with Crippen molar-refractivity contribution >= 4 is 17.5 Å². The van der Waals surface area contributed by atoms with Crippen molar-refractivity contribution in [3.05, 3.63) is 59.2 Å². The fourth-order valence-corrected chi connectivity index (χ4v) is 3.65. The average molecular weight is 450 g/mol. The first kappa shape index (κ1) is 22.1. The first-order valence-electron chi connectivity index (χ1n) is 9.00. The van der Waals surface area contributed by atoms with Gasteiger partial charge in [-0.1, -0.05) is 12.1 Å². The zero-order chi connectivity index (χ0) is 22.1. The smallest absolute Gasteiger partial charge is 0.493 e. The van der Waals surface area contributed by atoms with Gasteiger partial charge in [0.1, 0.15) is 16.9 Å². The number of amides is 1. The molecular formula is C20H17ClF5NO3. The Hall–Kier alpha value is -2.55. The largest absolute Gasteiger partial charge is 0.573 e. The molecule has 4 nitrogen and oxygen atoms in total. The number of hydrogen-bond donors (Lipinski definition) is 0. The summed E-state index contributed by atoms with van der Waals surface area (Å²) in [6.07, 6.45) is -4.80. The summed E-state index contributed by atoms with van der Waals surface area (Å²) in [5.41, 5.74) is 0.341. The van der Waals surface area contributed by atoms with Crippen LogP contribution in [-0.2, 0) is 11.3 Å². The van der Waals surface area contributed by atoms with Crippen LogP contribution in [0.2, 0.25) is 0 Å². The van der Waals surface area contributed by atoms with E-state index in [4.69, 9.17) is 16.3 Å². The van der Waals surface area contributed by atoms with E-state index in [1.165, 1.54) is 23.1 Å². The third-order valence-electron chi connectivity index (χ3n) is 4.59. The molecule has 1 amide bonds. The van der Waals surface area contributed by atoms with Crippen molar-refractivity contribution < 1.29 is 36.2 Å². The Morgan fingerprint density at radius 3 is 2.40 bits per heavy atom. The maximum Gasteiger partial charge on any atom is 0.573 e. The summed E-state index contributed by atoms with van der Waals surface area (Å²) in [4.78, 5) is 13.8. The molecule has 10 heteroatoms. The van der Waals surface area contributed by atoms with Gasteiger partial charge in [-0.2, -0.15) is 0 Å². The number of carbonyl (C=O) groups excluding carboxylic acids is 1. The van der Waals surface area contributed by atoms with Crippen molar-refractivity contribution in [2.24, 2.45) is 0 Å². The molecule has 2 aromatic carbocycles. The highest BCUT2D eigenvalue weighted by atomic mass is 35.5. The fraction of sp³-hybridized carbons (Fsp3) is 0.350. The second kappa shape index (κ2) is 8.67. The highest BCUT2D eigenvalue weighted by Crippen LogP contribution is 2.42. The Labute approximate surface area is 174 Å². The summed E-state index contributed by atoms with van der Waals surface area (Å²) in [6.45, 7) is 1.81. The molecule has 3 rings (SSSR count). The van der Waals surface area contributed by atoms with Gasteiger partial charge in [0.15, 0.2) is 11.6 Å². The van der Waals surface area contributed by atoms with E-state index in [1.54, 1.807) is 6.92 Å². The lowest BCUT2D eigenvalue weighted by Gasteiger charge is -2.27. The third-order valence-corrected chi connectivity index (χ3v) is 4.96. The number of rotatable bonds is 6. The zero-order valence-corrected chi connectivity index (χ0v) is 16.4. The van der Waals surface area contributed by atoms with Crippen molar-refractivity contribution in [3.63, 3.8) is 0 Å². The normalized spacial score (nSPS) is 19.3. The average Bonchev–Trinajstić information content (AvgIpc) is 2.93. The number of ether oxygens (including phenoxy) is 2. The molecular weight excluding hydrogens is 433 g/mol. The number of likely N-dealkylation sites (tertiary alicyclic amines) is 1. The van der Waals surface area contributed by atoms with Gasteiger partial charge in [0, 0.05) is 6.54 Å². The topological polar surface area (TPSA) is 38.8 Å². The number of nitrogens with zero attached hydrogens (tertiary/aromatic N) is 1. The van der Waals surface area contributed by atoms with Gasteiger partial charge in [0.2, 0.25) is 5.91 Å². The molecule has 2 atom stereocenters. The standard InChI is InChI=1S/C20H17ClF5NO3/c1-2-29-16-8-7-14(22)18(23)17(16)15-9-13(21)19(28)27(15)10-11-3-5-12(6-4-11)30-20(24,25)26/h3-8,13,15H,2,9-10H2,1H3/t13-,15+/m0/s1. The van der Waals surface area contributed by atoms with Gasteiger partial charge in [0.25, 0.3) is 0 Å². The summed E-state index contributed by atoms with van der Waals surface area (Å²) in [5, 5.41) is -0.958. The maximum atomic E-state index is 14.7. The van der Waals surface area contributed by atoms with Crippen LogP contribution in [0.5, 0.6) is 11.5 Å². The van der Waals surface area contributed by atoms with Crippen LogP contribution in [0.15, 0.2) is 36.4 Å². The Kier molecular flexibility index (Phi) is 6.40. The van der Waals surface area contributed by atoms with E-state index in [9.17, 15) is 26.7 Å². The van der Waals surface area contributed by atoms with Crippen molar-refractivity contribution in [2.45, 2.75) is 37.7 Å². The van der Waals surface area contributed by atoms with Crippen LogP contribution in [0.4, 0.5) is 22.0 Å². The first-order valence-corrected chi connectivity index (χ1v) is 9.44. The zero-order valence-electron chi connectivity index (χ0n) is 15.7. The molecule has 0 radical (unpaired) electrons. The molecule has 1 fully saturated rings. The molecule has 1 heterocycles. The quantitative estimate of drug-likeness (QED) is 0.441. The second-order valence-electron chi connectivity index (χ2n) is 6.58. The van der Waals surface area contributed by atoms with Gasteiger partial charge in [-0.05, 0) is 43.2 Å². The molecule has 0 aromatic heterocycles. The molecule has 0 bridgehead atoms. The van der Waals surface area contributed by atoms with E-state index in [0.29, 0.717) is 5.56 Å². The summed E-state index contributed by atoms with van der Waals surface area (Å²) < 4.78 is 74.7. The van der Waals surface area contributed by atoms with Crippen LogP contribution in [0.1, 0.15) is 30.5 Å². The number of carbonyl (C=O) groups is 1. The molecule has 0 unspecified atom stereocenters. The number of alkyl halides is 4. The summed E-state index contributed by atoms with van der Waals surface area (Å²) in [7, 11) is 0. The van der Waals surface area contributed by atoms with Crippen LogP contribution < -0.4 is 9.47 Å². The Balaban J connectivity index is 1.90. The molecule has 1 saturated heterocycles. The summed E-state index contributed by atoms with van der Waals surface area (Å²) in [5.74, 6) is -3.04. The van der Waals surface area contributed by atoms with Gasteiger partial charge in [0.05, 0.1) is 18.2 Å². The lowest BCUT2D eigenvalue weighted by atomic mass is 10.0. The van der Waals surface area contributed by atoms with Gasteiger partial charge < -0.3 is 14.4 Å². The van der Waals surface area contributed by atoms with Crippen molar-refractivity contribution in [3.8, 4) is 11.5 Å². The van der Waals surface area contributed by atoms with Crippen LogP contribution >= 0.6 is 11.6 Å². The fourth-order valence-electron chi connectivity index (χ4n) is 3.35. The second-order valence-corrected chi connectivity index (χ2v) is 7.11. The van der Waals surface area contributed by atoms with Crippen LogP contribution in [0, 0.1) is 11.6 Å². The van der Waals surface area contributed by atoms with E-state index in [-0.39, 0.29) is 30.9 Å². The summed E-state index contributed by atoms with van der Waals surface area (Å²) in [6, 6.07) is 6.21. The molecule has 0 spiro atoms. The van der Waals surface area contributed by atoms with Crippen LogP contribution in [0.25, 0.3) is 0 Å². The number of benzene rings is 2. The highest BCUT2D eigenvalue weighted by molar-refractivity contribution is 6.31. The van der Waals surface area contributed by atoms with E-state index < -0.39 is 41.1 Å². The Bertz CT molecular complexity index is 920. The van der Waals surface area contributed by atoms with E-state index >= 15 is 0 Å². The van der Waals surface area contributed by atoms with Gasteiger partial charge >= 0.3 is 6.36 Å². The van der Waals surface area contributed by atoms with E-state index in [0.717, 1.165) is 18.2 Å². The molecule has 30 heavy (non-hydrogen) atoms. The monoisotopic (exact) mass is 449 g/mol.